The van der Waals surface area contributed by atoms with Crippen molar-refractivity contribution >= 4 is 87.0 Å². The Morgan fingerprint density at radius 2 is 0.649 bits per heavy atom. The van der Waals surface area contributed by atoms with E-state index < -0.39 is 0 Å². The molecule has 77 heavy (non-hydrogen) atoms. The summed E-state index contributed by atoms with van der Waals surface area (Å²) in [6.07, 6.45) is 0. The predicted molar refractivity (Wildman–Crippen MR) is 320 cm³/mol. The average Bonchev–Trinajstić information content (AvgIpc) is 4.24. The van der Waals surface area contributed by atoms with Crippen LogP contribution in [-0.4, -0.2) is 28.7 Å². The summed E-state index contributed by atoms with van der Waals surface area (Å²) in [4.78, 5) is 16.1. The van der Waals surface area contributed by atoms with Gasteiger partial charge in [0, 0.05) is 54.8 Å². The third kappa shape index (κ3) is 6.72. The molecule has 16 aromatic rings. The zero-order valence-corrected chi connectivity index (χ0v) is 41.6. The molecular weight excluding hydrogens is 937 g/mol. The highest BCUT2D eigenvalue weighted by atomic mass is 15.2. The van der Waals surface area contributed by atoms with Crippen LogP contribution in [0.4, 0.5) is 0 Å². The van der Waals surface area contributed by atoms with Crippen LogP contribution >= 0.6 is 0 Å². The second-order valence-electron chi connectivity index (χ2n) is 19.9. The molecule has 0 aliphatic rings. The SMILES string of the molecule is c1ccc(-c2ccc(-c3cccc(-n4c5ccccc5c5c6c7ccccc7n(-c7ccc8c(c7)c7ccccc7n8-c7nc(-c8cccc9ccccc89)nc(-c8cccc9ccccc89)n7)c6ccc54)c3)cc2)cc1. The van der Waals surface area contributed by atoms with E-state index in [9.17, 15) is 0 Å². The number of benzene rings is 12. The third-order valence-corrected chi connectivity index (χ3v) is 15.7. The molecule has 0 unspecified atom stereocenters. The maximum atomic E-state index is 5.40. The Balaban J connectivity index is 0.882. The van der Waals surface area contributed by atoms with Crippen molar-refractivity contribution in [3.05, 3.63) is 267 Å². The molecule has 0 N–H and O–H groups in total. The van der Waals surface area contributed by atoms with Gasteiger partial charge in [0.1, 0.15) is 0 Å². The van der Waals surface area contributed by atoms with Crippen molar-refractivity contribution in [1.29, 1.82) is 0 Å². The van der Waals surface area contributed by atoms with Gasteiger partial charge in [-0.2, -0.15) is 9.97 Å². The number of para-hydroxylation sites is 3. The summed E-state index contributed by atoms with van der Waals surface area (Å²) in [6.45, 7) is 0. The van der Waals surface area contributed by atoms with E-state index in [0.717, 1.165) is 76.9 Å². The molecule has 0 aliphatic carbocycles. The summed E-state index contributed by atoms with van der Waals surface area (Å²) < 4.78 is 7.11. The molecule has 0 spiro atoms. The molecular formula is C71H44N6. The lowest BCUT2D eigenvalue weighted by atomic mass is 10.00. The van der Waals surface area contributed by atoms with E-state index in [0.29, 0.717) is 17.6 Å². The minimum Gasteiger partial charge on any atom is -0.309 e. The number of hydrogen-bond donors (Lipinski definition) is 0. The van der Waals surface area contributed by atoms with Gasteiger partial charge < -0.3 is 9.13 Å². The van der Waals surface area contributed by atoms with Crippen molar-refractivity contribution in [2.75, 3.05) is 0 Å². The van der Waals surface area contributed by atoms with E-state index in [1.165, 1.54) is 54.8 Å². The molecule has 6 heteroatoms. The van der Waals surface area contributed by atoms with Crippen LogP contribution in [0.5, 0.6) is 0 Å². The summed E-state index contributed by atoms with van der Waals surface area (Å²) in [5, 5.41) is 11.6. The first-order valence-corrected chi connectivity index (χ1v) is 26.2. The van der Waals surface area contributed by atoms with E-state index in [-0.39, 0.29) is 0 Å². The summed E-state index contributed by atoms with van der Waals surface area (Å²) in [6, 6.07) is 95.9. The third-order valence-electron chi connectivity index (χ3n) is 15.7. The highest BCUT2D eigenvalue weighted by molar-refractivity contribution is 6.29. The van der Waals surface area contributed by atoms with Gasteiger partial charge in [0.15, 0.2) is 11.6 Å². The molecule has 0 radical (unpaired) electrons. The van der Waals surface area contributed by atoms with Crippen LogP contribution in [0.15, 0.2) is 267 Å². The molecule has 358 valence electrons. The number of nitrogens with zero attached hydrogens (tertiary/aromatic N) is 6. The Kier molecular flexibility index (Phi) is 9.53. The van der Waals surface area contributed by atoms with Crippen LogP contribution in [0, 0.1) is 0 Å². The van der Waals surface area contributed by atoms with Crippen LogP contribution in [0.1, 0.15) is 0 Å². The monoisotopic (exact) mass is 980 g/mol. The zero-order chi connectivity index (χ0) is 50.6. The fourth-order valence-electron chi connectivity index (χ4n) is 12.2. The lowest BCUT2D eigenvalue weighted by Gasteiger charge is -2.13. The Labute approximate surface area is 442 Å². The normalized spacial score (nSPS) is 11.9. The molecule has 0 saturated carbocycles. The zero-order valence-electron chi connectivity index (χ0n) is 41.6. The smallest absolute Gasteiger partial charge is 0.238 e. The van der Waals surface area contributed by atoms with Gasteiger partial charge in [-0.25, -0.2) is 4.98 Å². The van der Waals surface area contributed by atoms with E-state index in [1.54, 1.807) is 0 Å². The van der Waals surface area contributed by atoms with Crippen molar-refractivity contribution in [3.8, 4) is 62.4 Å². The van der Waals surface area contributed by atoms with Crippen LogP contribution in [0.2, 0.25) is 0 Å². The minimum absolute atomic E-state index is 0.562. The van der Waals surface area contributed by atoms with Gasteiger partial charge in [-0.3, -0.25) is 4.57 Å². The van der Waals surface area contributed by atoms with Gasteiger partial charge in [-0.05, 0) is 104 Å². The quantitative estimate of drug-likeness (QED) is 0.160. The van der Waals surface area contributed by atoms with Crippen LogP contribution in [0.3, 0.4) is 0 Å². The number of aromatic nitrogens is 6. The fraction of sp³-hybridized carbons (Fsp3) is 0. The molecule has 6 nitrogen and oxygen atoms in total. The van der Waals surface area contributed by atoms with E-state index in [4.69, 9.17) is 15.0 Å². The van der Waals surface area contributed by atoms with Crippen LogP contribution < -0.4 is 0 Å². The van der Waals surface area contributed by atoms with Crippen LogP contribution in [-0.2, 0) is 0 Å². The Bertz CT molecular complexity index is 4930. The molecule has 0 bridgehead atoms. The maximum absolute atomic E-state index is 5.40. The number of hydrogen-bond acceptors (Lipinski definition) is 3. The molecule has 4 heterocycles. The molecule has 0 aliphatic heterocycles. The van der Waals surface area contributed by atoms with E-state index in [1.807, 2.05) is 0 Å². The van der Waals surface area contributed by atoms with Crippen molar-refractivity contribution in [1.82, 2.24) is 28.7 Å². The van der Waals surface area contributed by atoms with Crippen molar-refractivity contribution in [2.45, 2.75) is 0 Å². The van der Waals surface area contributed by atoms with Crippen LogP contribution in [0.25, 0.3) is 149 Å². The molecule has 4 aromatic heterocycles. The first-order chi connectivity index (χ1) is 38.2. The topological polar surface area (TPSA) is 53.5 Å². The lowest BCUT2D eigenvalue weighted by molar-refractivity contribution is 0.955. The standard InChI is InChI=1S/C71H44N6/c1-2-17-45(18-3-1)46-35-37-47(38-36-46)50-23-14-24-51(43-50)75-62-33-12-9-28-58(62)67-65(75)41-42-66-68(67)59-29-10-13-34-63(59)76(66)52-39-40-64-60(44-52)55-27-8-11-32-61(55)77(64)71-73-69(56-30-15-21-48-19-4-6-25-53(48)56)72-70(74-71)57-31-16-22-49-20-5-7-26-54(49)57/h1-44H. The maximum Gasteiger partial charge on any atom is 0.238 e. The predicted octanol–water partition coefficient (Wildman–Crippen LogP) is 18.1. The summed E-state index contributed by atoms with van der Waals surface area (Å²) in [5.74, 6) is 1.81. The molecule has 0 amide bonds. The highest BCUT2D eigenvalue weighted by Gasteiger charge is 2.24. The van der Waals surface area contributed by atoms with E-state index >= 15 is 0 Å². The minimum atomic E-state index is 0.562. The van der Waals surface area contributed by atoms with Gasteiger partial charge in [0.25, 0.3) is 0 Å². The number of fused-ring (bicyclic) bond motifs is 12. The first-order valence-electron chi connectivity index (χ1n) is 26.2. The van der Waals surface area contributed by atoms with E-state index in [2.05, 4.69) is 281 Å². The van der Waals surface area contributed by atoms with Crippen molar-refractivity contribution in [2.24, 2.45) is 0 Å². The van der Waals surface area contributed by atoms with Gasteiger partial charge >= 0.3 is 0 Å². The molecule has 12 aromatic carbocycles. The highest BCUT2D eigenvalue weighted by Crippen LogP contribution is 2.44. The Hall–Kier alpha value is -10.4. The van der Waals surface area contributed by atoms with Gasteiger partial charge in [0.2, 0.25) is 5.95 Å². The number of rotatable bonds is 7. The first kappa shape index (κ1) is 43.0. The molecule has 0 atom stereocenters. The van der Waals surface area contributed by atoms with Gasteiger partial charge in [-0.15, -0.1) is 0 Å². The summed E-state index contributed by atoms with van der Waals surface area (Å²) >= 11 is 0. The van der Waals surface area contributed by atoms with Crippen molar-refractivity contribution in [3.63, 3.8) is 0 Å². The Morgan fingerprint density at radius 3 is 1.25 bits per heavy atom. The second kappa shape index (κ2) is 17.1. The summed E-state index contributed by atoms with van der Waals surface area (Å²) in [7, 11) is 0. The summed E-state index contributed by atoms with van der Waals surface area (Å²) in [5.41, 5.74) is 15.5. The van der Waals surface area contributed by atoms with Gasteiger partial charge in [0.05, 0.1) is 33.1 Å². The van der Waals surface area contributed by atoms with Gasteiger partial charge in [-0.1, -0.05) is 206 Å². The second-order valence-corrected chi connectivity index (χ2v) is 19.9. The average molecular weight is 981 g/mol. The Morgan fingerprint density at radius 1 is 0.234 bits per heavy atom. The molecule has 0 saturated heterocycles. The fourth-order valence-corrected chi connectivity index (χ4v) is 12.2. The van der Waals surface area contributed by atoms with Crippen molar-refractivity contribution < 1.29 is 0 Å². The largest absolute Gasteiger partial charge is 0.309 e. The molecule has 0 fully saturated rings. The lowest BCUT2D eigenvalue weighted by Crippen LogP contribution is -2.07. The molecule has 16 rings (SSSR count).